The number of aromatic nitrogens is 5. The minimum Gasteiger partial charge on any atom is -0.508 e. The van der Waals surface area contributed by atoms with Crippen LogP contribution in [0.5, 0.6) is 5.75 Å². The minimum absolute atomic E-state index is 0.115. The van der Waals surface area contributed by atoms with Gasteiger partial charge in [0, 0.05) is 36.3 Å². The molecule has 0 aliphatic carbocycles. The highest BCUT2D eigenvalue weighted by Crippen LogP contribution is 2.32. The predicted octanol–water partition coefficient (Wildman–Crippen LogP) is 3.01. The lowest BCUT2D eigenvalue weighted by molar-refractivity contribution is 0.461. The van der Waals surface area contributed by atoms with E-state index in [2.05, 4.69) is 20.3 Å². The van der Waals surface area contributed by atoms with Crippen LogP contribution in [0.4, 0.5) is 8.78 Å². The first kappa shape index (κ1) is 14.3. The number of H-pyrrole nitrogens is 1. The molecule has 0 radical (unpaired) electrons. The number of hydrogen-bond donors (Lipinski definition) is 2. The zero-order chi connectivity index (χ0) is 16.8. The molecule has 0 amide bonds. The third kappa shape index (κ3) is 2.19. The van der Waals surface area contributed by atoms with Crippen molar-refractivity contribution in [2.75, 3.05) is 0 Å². The topological polar surface area (TPSA) is 79.6 Å². The van der Waals surface area contributed by atoms with Crippen LogP contribution in [-0.2, 0) is 7.05 Å². The lowest BCUT2D eigenvalue weighted by atomic mass is 10.1. The summed E-state index contributed by atoms with van der Waals surface area (Å²) in [5.74, 6) is -2.24. The van der Waals surface area contributed by atoms with Gasteiger partial charge < -0.3 is 5.11 Å². The molecule has 8 heteroatoms. The average Bonchev–Trinajstić information content (AvgIpc) is 3.11. The first-order valence-electron chi connectivity index (χ1n) is 7.04. The number of aromatic amines is 1. The summed E-state index contributed by atoms with van der Waals surface area (Å²) in [6.07, 6.45) is 4.90. The molecule has 6 nitrogen and oxygen atoms in total. The minimum atomic E-state index is -0.884. The van der Waals surface area contributed by atoms with Crippen molar-refractivity contribution in [3.8, 4) is 28.3 Å². The standard InChI is InChI=1S/C16H11F2N5O/c1-23-7-8(5-20-23)16-10-4-13(19-6-14(10)21-22-16)15-11(17)2-9(24)3-12(15)18/h2-7,24H,1H3,(H,21,22). The maximum absolute atomic E-state index is 14.1. The summed E-state index contributed by atoms with van der Waals surface area (Å²) in [5.41, 5.74) is 1.84. The van der Waals surface area contributed by atoms with E-state index in [-0.39, 0.29) is 11.3 Å². The van der Waals surface area contributed by atoms with Crippen LogP contribution in [0, 0.1) is 11.6 Å². The van der Waals surface area contributed by atoms with Gasteiger partial charge in [0.2, 0.25) is 0 Å². The van der Waals surface area contributed by atoms with E-state index in [4.69, 9.17) is 0 Å². The van der Waals surface area contributed by atoms with Crippen LogP contribution >= 0.6 is 0 Å². The van der Waals surface area contributed by atoms with Gasteiger partial charge in [0.05, 0.1) is 29.2 Å². The second-order valence-electron chi connectivity index (χ2n) is 5.37. The highest BCUT2D eigenvalue weighted by molar-refractivity contribution is 5.94. The van der Waals surface area contributed by atoms with Crippen molar-refractivity contribution in [1.29, 1.82) is 0 Å². The van der Waals surface area contributed by atoms with E-state index in [1.54, 1.807) is 30.2 Å². The van der Waals surface area contributed by atoms with Gasteiger partial charge in [0.15, 0.2) is 0 Å². The van der Waals surface area contributed by atoms with E-state index in [0.29, 0.717) is 16.6 Å². The number of aryl methyl sites for hydroxylation is 1. The number of phenolic OH excluding ortho intramolecular Hbond substituents is 1. The highest BCUT2D eigenvalue weighted by atomic mass is 19.1. The molecule has 4 aromatic rings. The molecule has 3 heterocycles. The van der Waals surface area contributed by atoms with Crippen molar-refractivity contribution in [1.82, 2.24) is 25.0 Å². The molecule has 0 bridgehead atoms. The Kier molecular flexibility index (Phi) is 3.05. The number of pyridine rings is 1. The van der Waals surface area contributed by atoms with Gasteiger partial charge in [-0.3, -0.25) is 14.8 Å². The van der Waals surface area contributed by atoms with Crippen molar-refractivity contribution in [2.45, 2.75) is 0 Å². The summed E-state index contributed by atoms with van der Waals surface area (Å²) in [7, 11) is 1.78. The summed E-state index contributed by atoms with van der Waals surface area (Å²) in [6, 6.07) is 3.25. The van der Waals surface area contributed by atoms with E-state index in [0.717, 1.165) is 17.7 Å². The fraction of sp³-hybridized carbons (Fsp3) is 0.0625. The molecule has 0 unspecified atom stereocenters. The average molecular weight is 327 g/mol. The van der Waals surface area contributed by atoms with Crippen LogP contribution in [0.25, 0.3) is 33.4 Å². The molecule has 0 fully saturated rings. The van der Waals surface area contributed by atoms with Gasteiger partial charge in [-0.2, -0.15) is 10.2 Å². The number of hydrogen-bond acceptors (Lipinski definition) is 4. The summed E-state index contributed by atoms with van der Waals surface area (Å²) >= 11 is 0. The first-order valence-corrected chi connectivity index (χ1v) is 7.04. The van der Waals surface area contributed by atoms with E-state index in [1.165, 1.54) is 6.20 Å². The van der Waals surface area contributed by atoms with Gasteiger partial charge in [-0.15, -0.1) is 0 Å². The van der Waals surface area contributed by atoms with Crippen molar-refractivity contribution in [3.63, 3.8) is 0 Å². The van der Waals surface area contributed by atoms with Crippen molar-refractivity contribution >= 4 is 10.9 Å². The second kappa shape index (κ2) is 5.12. The van der Waals surface area contributed by atoms with Gasteiger partial charge in [-0.1, -0.05) is 0 Å². The lowest BCUT2D eigenvalue weighted by Gasteiger charge is -2.05. The molecule has 24 heavy (non-hydrogen) atoms. The van der Waals surface area contributed by atoms with Crippen molar-refractivity contribution in [2.24, 2.45) is 7.05 Å². The summed E-state index contributed by atoms with van der Waals surface area (Å²) in [5, 5.41) is 21.1. The van der Waals surface area contributed by atoms with Gasteiger partial charge in [0.25, 0.3) is 0 Å². The Hall–Kier alpha value is -3.29. The molecule has 120 valence electrons. The molecule has 0 saturated carbocycles. The summed E-state index contributed by atoms with van der Waals surface area (Å²) in [6.45, 7) is 0. The number of halogens is 2. The molecule has 0 aliphatic heterocycles. The van der Waals surface area contributed by atoms with Gasteiger partial charge >= 0.3 is 0 Å². The van der Waals surface area contributed by atoms with Crippen molar-refractivity contribution < 1.29 is 13.9 Å². The predicted molar refractivity (Wildman–Crippen MR) is 83.1 cm³/mol. The van der Waals surface area contributed by atoms with Crippen LogP contribution in [0.2, 0.25) is 0 Å². The van der Waals surface area contributed by atoms with Crippen molar-refractivity contribution in [3.05, 3.63) is 48.4 Å². The number of nitrogens with zero attached hydrogens (tertiary/aromatic N) is 4. The Morgan fingerprint density at radius 3 is 2.54 bits per heavy atom. The number of aromatic hydroxyl groups is 1. The Labute approximate surface area is 134 Å². The Balaban J connectivity index is 1.93. The number of fused-ring (bicyclic) bond motifs is 1. The lowest BCUT2D eigenvalue weighted by Crippen LogP contribution is -1.93. The Morgan fingerprint density at radius 2 is 1.88 bits per heavy atom. The van der Waals surface area contributed by atoms with E-state index >= 15 is 0 Å². The third-order valence-corrected chi connectivity index (χ3v) is 3.71. The number of nitrogens with one attached hydrogen (secondary N) is 1. The maximum Gasteiger partial charge on any atom is 0.139 e. The SMILES string of the molecule is Cn1cc(-c2n[nH]c3cnc(-c4c(F)cc(O)cc4F)cc23)cn1. The van der Waals surface area contributed by atoms with E-state index < -0.39 is 17.4 Å². The fourth-order valence-corrected chi connectivity index (χ4v) is 2.62. The zero-order valence-corrected chi connectivity index (χ0v) is 12.5. The smallest absolute Gasteiger partial charge is 0.139 e. The van der Waals surface area contributed by atoms with Crippen LogP contribution < -0.4 is 0 Å². The van der Waals surface area contributed by atoms with Crippen LogP contribution in [0.3, 0.4) is 0 Å². The molecule has 0 spiro atoms. The maximum atomic E-state index is 14.1. The third-order valence-electron chi connectivity index (χ3n) is 3.71. The Bertz CT molecular complexity index is 1050. The monoisotopic (exact) mass is 327 g/mol. The molecule has 0 atom stereocenters. The number of benzene rings is 1. The first-order chi connectivity index (χ1) is 11.5. The highest BCUT2D eigenvalue weighted by Gasteiger charge is 2.17. The quantitative estimate of drug-likeness (QED) is 0.593. The summed E-state index contributed by atoms with van der Waals surface area (Å²) in [4.78, 5) is 4.09. The molecule has 4 rings (SSSR count). The largest absolute Gasteiger partial charge is 0.508 e. The zero-order valence-electron chi connectivity index (χ0n) is 12.5. The van der Waals surface area contributed by atoms with E-state index in [9.17, 15) is 13.9 Å². The number of phenols is 1. The normalized spacial score (nSPS) is 11.3. The fourth-order valence-electron chi connectivity index (χ4n) is 2.62. The molecule has 0 saturated heterocycles. The molecule has 0 aliphatic rings. The second-order valence-corrected chi connectivity index (χ2v) is 5.37. The van der Waals surface area contributed by atoms with Crippen LogP contribution in [-0.4, -0.2) is 30.1 Å². The molecular weight excluding hydrogens is 316 g/mol. The van der Waals surface area contributed by atoms with Crippen LogP contribution in [0.1, 0.15) is 0 Å². The molecule has 1 aromatic carbocycles. The van der Waals surface area contributed by atoms with Gasteiger partial charge in [0.1, 0.15) is 23.1 Å². The van der Waals surface area contributed by atoms with Gasteiger partial charge in [-0.05, 0) is 6.07 Å². The summed E-state index contributed by atoms with van der Waals surface area (Å²) < 4.78 is 29.8. The van der Waals surface area contributed by atoms with Gasteiger partial charge in [-0.25, -0.2) is 8.78 Å². The van der Waals surface area contributed by atoms with Crippen LogP contribution in [0.15, 0.2) is 36.8 Å². The molecular formula is C16H11F2N5O. The Morgan fingerprint density at radius 1 is 1.12 bits per heavy atom. The molecule has 2 N–H and O–H groups in total. The molecule has 3 aromatic heterocycles. The van der Waals surface area contributed by atoms with E-state index in [1.807, 2.05) is 0 Å². The number of rotatable bonds is 2.